The average molecular weight is 432 g/mol. The Morgan fingerprint density at radius 2 is 2.03 bits per heavy atom. The Kier molecular flexibility index (Phi) is 7.22. The first kappa shape index (κ1) is 20.8. The number of fused-ring (bicyclic) bond motifs is 1. The van der Waals surface area contributed by atoms with Crippen LogP contribution in [0.15, 0.2) is 29.8 Å². The van der Waals surface area contributed by atoms with Gasteiger partial charge in [-0.05, 0) is 56.2 Å². The van der Waals surface area contributed by atoms with Crippen LogP contribution >= 0.6 is 22.9 Å². The van der Waals surface area contributed by atoms with Gasteiger partial charge < -0.3 is 5.32 Å². The molecule has 2 heterocycles. The number of carbonyl (C=O) groups is 1. The SMILES string of the molecule is O=C(Cc1ccc2nc(Cl)sc2c1)NC1CCN(C/C2=C/CCCCCC2)CC1. The molecule has 0 bridgehead atoms. The van der Waals surface area contributed by atoms with Crippen LogP contribution in [0.1, 0.15) is 56.9 Å². The number of piperidine rings is 1. The van der Waals surface area contributed by atoms with Crippen LogP contribution in [0, 0.1) is 0 Å². The van der Waals surface area contributed by atoms with E-state index in [4.69, 9.17) is 11.6 Å². The molecule has 1 aromatic heterocycles. The normalized spacial score (nSPS) is 21.3. The van der Waals surface area contributed by atoms with E-state index in [1.165, 1.54) is 49.9 Å². The molecular formula is C23H30ClN3OS. The van der Waals surface area contributed by atoms with Crippen LogP contribution in [0.2, 0.25) is 4.47 Å². The van der Waals surface area contributed by atoms with E-state index in [0.29, 0.717) is 16.9 Å². The Morgan fingerprint density at radius 1 is 1.21 bits per heavy atom. The first-order chi connectivity index (χ1) is 14.2. The maximum absolute atomic E-state index is 12.5. The number of likely N-dealkylation sites (tertiary alicyclic amines) is 1. The van der Waals surface area contributed by atoms with Gasteiger partial charge in [-0.15, -0.1) is 11.3 Å². The summed E-state index contributed by atoms with van der Waals surface area (Å²) in [6, 6.07) is 6.25. The third kappa shape index (κ3) is 6.03. The quantitative estimate of drug-likeness (QED) is 0.648. The van der Waals surface area contributed by atoms with Crippen LogP contribution < -0.4 is 5.32 Å². The Hall–Kier alpha value is -1.43. The van der Waals surface area contributed by atoms with E-state index in [1.54, 1.807) is 5.57 Å². The Labute approximate surface area is 182 Å². The lowest BCUT2D eigenvalue weighted by atomic mass is 9.98. The van der Waals surface area contributed by atoms with Gasteiger partial charge in [0.05, 0.1) is 16.6 Å². The highest BCUT2D eigenvalue weighted by atomic mass is 35.5. The van der Waals surface area contributed by atoms with E-state index < -0.39 is 0 Å². The molecule has 0 spiro atoms. The number of hydrogen-bond acceptors (Lipinski definition) is 4. The molecule has 1 saturated heterocycles. The first-order valence-electron chi connectivity index (χ1n) is 10.9. The Balaban J connectivity index is 1.22. The lowest BCUT2D eigenvalue weighted by Gasteiger charge is -2.33. The lowest BCUT2D eigenvalue weighted by Crippen LogP contribution is -2.45. The lowest BCUT2D eigenvalue weighted by molar-refractivity contribution is -0.121. The van der Waals surface area contributed by atoms with Crippen LogP contribution in [0.3, 0.4) is 0 Å². The maximum Gasteiger partial charge on any atom is 0.224 e. The van der Waals surface area contributed by atoms with Crippen molar-refractivity contribution in [1.29, 1.82) is 0 Å². The number of nitrogens with one attached hydrogen (secondary N) is 1. The molecule has 4 rings (SSSR count). The summed E-state index contributed by atoms with van der Waals surface area (Å²) in [5.74, 6) is 0.112. The minimum atomic E-state index is 0.112. The van der Waals surface area contributed by atoms with Crippen molar-refractivity contribution >= 4 is 39.1 Å². The summed E-state index contributed by atoms with van der Waals surface area (Å²) in [7, 11) is 0. The summed E-state index contributed by atoms with van der Waals surface area (Å²) in [6.45, 7) is 3.28. The molecule has 0 saturated carbocycles. The number of aromatic nitrogens is 1. The zero-order valence-corrected chi connectivity index (χ0v) is 18.5. The van der Waals surface area contributed by atoms with Gasteiger partial charge in [-0.25, -0.2) is 4.98 Å². The topological polar surface area (TPSA) is 45.2 Å². The summed E-state index contributed by atoms with van der Waals surface area (Å²) in [6.07, 6.45) is 13.0. The maximum atomic E-state index is 12.5. The first-order valence-corrected chi connectivity index (χ1v) is 12.1. The van der Waals surface area contributed by atoms with Gasteiger partial charge >= 0.3 is 0 Å². The fourth-order valence-electron chi connectivity index (χ4n) is 4.44. The van der Waals surface area contributed by atoms with Crippen molar-refractivity contribution in [3.8, 4) is 0 Å². The predicted molar refractivity (Wildman–Crippen MR) is 122 cm³/mol. The van der Waals surface area contributed by atoms with Crippen LogP contribution in [-0.4, -0.2) is 41.5 Å². The van der Waals surface area contributed by atoms with Crippen molar-refractivity contribution in [3.05, 3.63) is 39.9 Å². The van der Waals surface area contributed by atoms with Crippen molar-refractivity contribution < 1.29 is 4.79 Å². The number of hydrogen-bond donors (Lipinski definition) is 1. The molecule has 1 aliphatic heterocycles. The number of amides is 1. The summed E-state index contributed by atoms with van der Waals surface area (Å²) in [4.78, 5) is 19.3. The van der Waals surface area contributed by atoms with Gasteiger partial charge in [-0.1, -0.05) is 42.2 Å². The van der Waals surface area contributed by atoms with Gasteiger partial charge in [-0.3, -0.25) is 9.69 Å². The molecule has 2 aliphatic rings. The van der Waals surface area contributed by atoms with E-state index in [1.807, 2.05) is 18.2 Å². The average Bonchev–Trinajstić information content (AvgIpc) is 3.04. The number of rotatable bonds is 5. The highest BCUT2D eigenvalue weighted by Crippen LogP contribution is 2.26. The second-order valence-corrected chi connectivity index (χ2v) is 9.99. The minimum absolute atomic E-state index is 0.112. The van der Waals surface area contributed by atoms with Gasteiger partial charge in [0.1, 0.15) is 0 Å². The van der Waals surface area contributed by atoms with E-state index in [2.05, 4.69) is 21.3 Å². The van der Waals surface area contributed by atoms with Gasteiger partial charge in [0.15, 0.2) is 4.47 Å². The third-order valence-corrected chi connectivity index (χ3v) is 7.18. The van der Waals surface area contributed by atoms with Crippen LogP contribution in [0.4, 0.5) is 0 Å². The molecule has 1 amide bonds. The van der Waals surface area contributed by atoms with Gasteiger partial charge in [0, 0.05) is 25.7 Å². The summed E-state index contributed by atoms with van der Waals surface area (Å²) < 4.78 is 1.58. The van der Waals surface area contributed by atoms with E-state index in [-0.39, 0.29) is 5.91 Å². The second kappa shape index (κ2) is 10.1. The van der Waals surface area contributed by atoms with Gasteiger partial charge in [0.2, 0.25) is 5.91 Å². The minimum Gasteiger partial charge on any atom is -0.353 e. The molecule has 4 nitrogen and oxygen atoms in total. The van der Waals surface area contributed by atoms with E-state index >= 15 is 0 Å². The highest BCUT2D eigenvalue weighted by Gasteiger charge is 2.21. The monoisotopic (exact) mass is 431 g/mol. The molecule has 0 unspecified atom stereocenters. The van der Waals surface area contributed by atoms with E-state index in [9.17, 15) is 4.79 Å². The van der Waals surface area contributed by atoms with Crippen molar-refractivity contribution in [2.75, 3.05) is 19.6 Å². The molecule has 2 aromatic rings. The zero-order valence-electron chi connectivity index (χ0n) is 17.0. The van der Waals surface area contributed by atoms with Crippen molar-refractivity contribution in [3.63, 3.8) is 0 Å². The Morgan fingerprint density at radius 3 is 2.90 bits per heavy atom. The summed E-state index contributed by atoms with van der Waals surface area (Å²) >= 11 is 7.44. The standard InChI is InChI=1S/C23H30ClN3OS/c24-23-26-20-9-8-18(14-21(20)29-23)15-22(28)25-19-10-12-27(13-11-19)16-17-6-4-2-1-3-5-7-17/h6,8-9,14,19H,1-5,7,10-13,15-16H2,(H,25,28)/b17-6+. The smallest absolute Gasteiger partial charge is 0.224 e. The van der Waals surface area contributed by atoms with Crippen molar-refractivity contribution in [2.24, 2.45) is 0 Å². The van der Waals surface area contributed by atoms with Crippen LogP contribution in [0.5, 0.6) is 0 Å². The fourth-order valence-corrected chi connectivity index (χ4v) is 5.53. The number of benzene rings is 1. The fraction of sp³-hybridized carbons (Fsp3) is 0.565. The van der Waals surface area contributed by atoms with Crippen molar-refractivity contribution in [2.45, 2.75) is 63.8 Å². The molecule has 1 fully saturated rings. The van der Waals surface area contributed by atoms with Crippen LogP contribution in [0.25, 0.3) is 10.2 Å². The number of thiazole rings is 1. The number of nitrogens with zero attached hydrogens (tertiary/aromatic N) is 2. The molecule has 6 heteroatoms. The molecule has 0 atom stereocenters. The molecular weight excluding hydrogens is 402 g/mol. The van der Waals surface area contributed by atoms with Crippen LogP contribution in [-0.2, 0) is 11.2 Å². The zero-order chi connectivity index (χ0) is 20.1. The van der Waals surface area contributed by atoms with E-state index in [0.717, 1.165) is 48.3 Å². The number of halogens is 1. The predicted octanol–water partition coefficient (Wildman–Crippen LogP) is 5.35. The largest absolute Gasteiger partial charge is 0.353 e. The van der Waals surface area contributed by atoms with Gasteiger partial charge in [0.25, 0.3) is 0 Å². The molecule has 1 aromatic carbocycles. The highest BCUT2D eigenvalue weighted by molar-refractivity contribution is 7.22. The molecule has 156 valence electrons. The molecule has 1 N–H and O–H groups in total. The second-order valence-electron chi connectivity index (χ2n) is 8.38. The third-order valence-electron chi connectivity index (χ3n) is 6.06. The van der Waals surface area contributed by atoms with Crippen molar-refractivity contribution in [1.82, 2.24) is 15.2 Å². The number of allylic oxidation sites excluding steroid dienone is 1. The summed E-state index contributed by atoms with van der Waals surface area (Å²) in [5.41, 5.74) is 3.55. The molecule has 1 aliphatic carbocycles. The Bertz CT molecular complexity index is 870. The molecule has 29 heavy (non-hydrogen) atoms. The molecule has 0 radical (unpaired) electrons. The van der Waals surface area contributed by atoms with Gasteiger partial charge in [-0.2, -0.15) is 0 Å². The summed E-state index contributed by atoms with van der Waals surface area (Å²) in [5, 5.41) is 3.24. The number of carbonyl (C=O) groups excluding carboxylic acids is 1.